The minimum atomic E-state index is -3.84. The Bertz CT molecular complexity index is 797. The average Bonchev–Trinajstić information content (AvgIpc) is 2.71. The van der Waals surface area contributed by atoms with Crippen LogP contribution < -0.4 is 10.5 Å². The van der Waals surface area contributed by atoms with Crippen LogP contribution in [0.5, 0.6) is 0 Å². The van der Waals surface area contributed by atoms with Gasteiger partial charge in [-0.1, -0.05) is 29.6 Å². The normalized spacial score (nSPS) is 11.4. The number of nitrogens with zero attached hydrogens (tertiary/aromatic N) is 3. The highest BCUT2D eigenvalue weighted by molar-refractivity contribution is 9.10. The summed E-state index contributed by atoms with van der Waals surface area (Å²) in [6, 6.07) is 5.06. The van der Waals surface area contributed by atoms with Crippen LogP contribution in [0.3, 0.4) is 0 Å². The van der Waals surface area contributed by atoms with E-state index in [9.17, 15) is 8.42 Å². The molecular formula is C11H12BrN5O2S2. The van der Waals surface area contributed by atoms with Crippen molar-refractivity contribution < 1.29 is 8.42 Å². The molecule has 0 saturated heterocycles. The van der Waals surface area contributed by atoms with E-state index in [0.29, 0.717) is 11.3 Å². The van der Waals surface area contributed by atoms with Crippen molar-refractivity contribution in [3.63, 3.8) is 0 Å². The zero-order chi connectivity index (χ0) is 15.8. The lowest BCUT2D eigenvalue weighted by atomic mass is 10.1. The molecule has 0 spiro atoms. The van der Waals surface area contributed by atoms with Crippen molar-refractivity contribution >= 4 is 48.8 Å². The van der Waals surface area contributed by atoms with Gasteiger partial charge >= 0.3 is 0 Å². The number of thiocarbonyl (C=S) groups is 1. The second-order valence-electron chi connectivity index (χ2n) is 4.31. The molecule has 0 radical (unpaired) electrons. The summed E-state index contributed by atoms with van der Waals surface area (Å²) < 4.78 is 28.7. The summed E-state index contributed by atoms with van der Waals surface area (Å²) >= 11 is 7.96. The Balaban J connectivity index is 2.46. The highest BCUT2D eigenvalue weighted by atomic mass is 79.9. The molecule has 0 saturated carbocycles. The number of hydrogen-bond acceptors (Lipinski definition) is 5. The Labute approximate surface area is 135 Å². The minimum Gasteiger partial charge on any atom is -0.389 e. The number of aryl methyl sites for hydroxylation is 2. The van der Waals surface area contributed by atoms with Gasteiger partial charge in [0.25, 0.3) is 10.0 Å². The van der Waals surface area contributed by atoms with Crippen LogP contribution >= 0.6 is 28.1 Å². The zero-order valence-corrected chi connectivity index (χ0v) is 14.4. The maximum absolute atomic E-state index is 12.4. The number of aromatic nitrogens is 3. The van der Waals surface area contributed by atoms with Crippen LogP contribution in [-0.4, -0.2) is 28.4 Å². The first-order chi connectivity index (χ1) is 9.72. The third kappa shape index (κ3) is 3.22. The fraction of sp³-hybridized carbons (Fsp3) is 0.182. The van der Waals surface area contributed by atoms with Crippen LogP contribution in [0.4, 0.5) is 5.69 Å². The molecule has 0 amide bonds. The van der Waals surface area contributed by atoms with Gasteiger partial charge in [0.1, 0.15) is 4.99 Å². The maximum Gasteiger partial charge on any atom is 0.281 e. The molecule has 1 aromatic heterocycles. The molecule has 112 valence electrons. The van der Waals surface area contributed by atoms with E-state index in [1.165, 1.54) is 11.7 Å². The quantitative estimate of drug-likeness (QED) is 0.764. The molecule has 0 fully saturated rings. The Morgan fingerprint density at radius 1 is 1.48 bits per heavy atom. The van der Waals surface area contributed by atoms with E-state index in [2.05, 4.69) is 31.0 Å². The van der Waals surface area contributed by atoms with Crippen LogP contribution in [0.15, 0.2) is 27.8 Å². The number of sulfonamides is 1. The van der Waals surface area contributed by atoms with Crippen LogP contribution in [0.25, 0.3) is 0 Å². The van der Waals surface area contributed by atoms with Gasteiger partial charge in [0, 0.05) is 12.6 Å². The van der Waals surface area contributed by atoms with Gasteiger partial charge in [0.2, 0.25) is 5.03 Å². The molecule has 0 unspecified atom stereocenters. The molecule has 0 aliphatic carbocycles. The standard InChI is InChI=1S/C11H12BrN5O2S2/c1-6-3-4-7(10(13)20)5-8(6)15-21(18,19)11-9(12)14-16-17(11)2/h3-5,15H,1-2H3,(H2,13,20). The maximum atomic E-state index is 12.4. The van der Waals surface area contributed by atoms with Crippen LogP contribution in [0.1, 0.15) is 11.1 Å². The van der Waals surface area contributed by atoms with E-state index in [-0.39, 0.29) is 14.6 Å². The number of hydrogen-bond donors (Lipinski definition) is 2. The van der Waals surface area contributed by atoms with Crippen molar-refractivity contribution in [2.75, 3.05) is 4.72 Å². The highest BCUT2D eigenvalue weighted by Gasteiger charge is 2.24. The van der Waals surface area contributed by atoms with Crippen molar-refractivity contribution in [3.8, 4) is 0 Å². The van der Waals surface area contributed by atoms with E-state index in [0.717, 1.165) is 5.56 Å². The van der Waals surface area contributed by atoms with E-state index >= 15 is 0 Å². The Kier molecular flexibility index (Phi) is 4.30. The Morgan fingerprint density at radius 2 is 2.14 bits per heavy atom. The lowest BCUT2D eigenvalue weighted by molar-refractivity contribution is 0.578. The van der Waals surface area contributed by atoms with Gasteiger partial charge in [0.05, 0.1) is 5.69 Å². The Morgan fingerprint density at radius 3 is 2.67 bits per heavy atom. The highest BCUT2D eigenvalue weighted by Crippen LogP contribution is 2.24. The summed E-state index contributed by atoms with van der Waals surface area (Å²) in [6.07, 6.45) is 0. The molecule has 1 aromatic carbocycles. The average molecular weight is 390 g/mol. The molecule has 21 heavy (non-hydrogen) atoms. The number of halogens is 1. The van der Waals surface area contributed by atoms with Crippen molar-refractivity contribution in [1.82, 2.24) is 15.0 Å². The molecule has 0 bridgehead atoms. The van der Waals surface area contributed by atoms with E-state index in [1.807, 2.05) is 0 Å². The summed E-state index contributed by atoms with van der Waals surface area (Å²) in [4.78, 5) is 0.193. The topological polar surface area (TPSA) is 103 Å². The van der Waals surface area contributed by atoms with Crippen LogP contribution in [0.2, 0.25) is 0 Å². The van der Waals surface area contributed by atoms with Crippen molar-refractivity contribution in [3.05, 3.63) is 33.9 Å². The van der Waals surface area contributed by atoms with Crippen LogP contribution in [-0.2, 0) is 17.1 Å². The molecule has 2 aromatic rings. The fourth-order valence-electron chi connectivity index (χ4n) is 1.69. The third-order valence-electron chi connectivity index (χ3n) is 2.76. The van der Waals surface area contributed by atoms with Gasteiger partial charge in [-0.2, -0.15) is 8.42 Å². The molecule has 1 heterocycles. The van der Waals surface area contributed by atoms with E-state index < -0.39 is 10.0 Å². The summed E-state index contributed by atoms with van der Waals surface area (Å²) in [5.74, 6) is 0. The van der Waals surface area contributed by atoms with Crippen molar-refractivity contribution in [2.24, 2.45) is 12.8 Å². The monoisotopic (exact) mass is 389 g/mol. The molecule has 0 aliphatic heterocycles. The number of anilines is 1. The van der Waals surface area contributed by atoms with Gasteiger partial charge in [0.15, 0.2) is 4.60 Å². The summed E-state index contributed by atoms with van der Waals surface area (Å²) in [7, 11) is -2.35. The molecule has 0 aliphatic rings. The summed E-state index contributed by atoms with van der Waals surface area (Å²) in [5.41, 5.74) is 7.28. The second-order valence-corrected chi connectivity index (χ2v) is 7.10. The zero-order valence-electron chi connectivity index (χ0n) is 11.2. The number of nitrogens with two attached hydrogens (primary N) is 1. The third-order valence-corrected chi connectivity index (χ3v) is 5.25. The minimum absolute atomic E-state index is 0.0670. The largest absolute Gasteiger partial charge is 0.389 e. The summed E-state index contributed by atoms with van der Waals surface area (Å²) in [5, 5.41) is 7.25. The van der Waals surface area contributed by atoms with Gasteiger partial charge in [-0.15, -0.1) is 5.10 Å². The number of nitrogens with one attached hydrogen (secondary N) is 1. The van der Waals surface area contributed by atoms with Gasteiger partial charge in [-0.25, -0.2) is 4.68 Å². The van der Waals surface area contributed by atoms with Crippen LogP contribution in [0, 0.1) is 6.92 Å². The SMILES string of the molecule is Cc1ccc(C(N)=S)cc1NS(=O)(=O)c1c(Br)nnn1C. The summed E-state index contributed by atoms with van der Waals surface area (Å²) in [6.45, 7) is 1.78. The Hall–Kier alpha value is -1.52. The lowest BCUT2D eigenvalue weighted by Gasteiger charge is -2.12. The van der Waals surface area contributed by atoms with Gasteiger partial charge in [-0.05, 0) is 34.5 Å². The number of benzene rings is 1. The van der Waals surface area contributed by atoms with Crippen molar-refractivity contribution in [2.45, 2.75) is 11.9 Å². The fourth-order valence-corrected chi connectivity index (χ4v) is 4.03. The lowest BCUT2D eigenvalue weighted by Crippen LogP contribution is -2.18. The molecule has 7 nitrogen and oxygen atoms in total. The van der Waals surface area contributed by atoms with E-state index in [4.69, 9.17) is 18.0 Å². The first-order valence-electron chi connectivity index (χ1n) is 5.71. The van der Waals surface area contributed by atoms with E-state index in [1.54, 1.807) is 25.1 Å². The molecule has 0 atom stereocenters. The smallest absolute Gasteiger partial charge is 0.281 e. The van der Waals surface area contributed by atoms with Gasteiger partial charge < -0.3 is 5.73 Å². The second kappa shape index (κ2) is 5.70. The van der Waals surface area contributed by atoms with Gasteiger partial charge in [-0.3, -0.25) is 4.72 Å². The predicted molar refractivity (Wildman–Crippen MR) is 86.6 cm³/mol. The first kappa shape index (κ1) is 15.9. The number of rotatable bonds is 4. The molecule has 3 N–H and O–H groups in total. The molecule has 2 rings (SSSR count). The molecule has 10 heteroatoms. The molecular weight excluding hydrogens is 378 g/mol. The predicted octanol–water partition coefficient (Wildman–Crippen LogP) is 1.32. The first-order valence-corrected chi connectivity index (χ1v) is 8.39. The van der Waals surface area contributed by atoms with Crippen molar-refractivity contribution in [1.29, 1.82) is 0 Å².